The maximum absolute atomic E-state index is 13.2. The third kappa shape index (κ3) is 3.72. The van der Waals surface area contributed by atoms with Crippen molar-refractivity contribution in [1.82, 2.24) is 15.2 Å². The zero-order valence-corrected chi connectivity index (χ0v) is 12.6. The van der Waals surface area contributed by atoms with Crippen LogP contribution >= 0.6 is 0 Å². The number of nitrogens with one attached hydrogen (secondary N) is 2. The van der Waals surface area contributed by atoms with Crippen LogP contribution in [0.5, 0.6) is 5.75 Å². The van der Waals surface area contributed by atoms with Gasteiger partial charge in [-0.05, 0) is 24.3 Å². The fourth-order valence-electron chi connectivity index (χ4n) is 1.97. The Morgan fingerprint density at radius 2 is 1.79 bits per heavy atom. The van der Waals surface area contributed by atoms with E-state index in [2.05, 4.69) is 25.8 Å². The second-order valence-electron chi connectivity index (χ2n) is 4.78. The topological polar surface area (TPSA) is 72.0 Å². The van der Waals surface area contributed by atoms with E-state index in [0.29, 0.717) is 17.3 Å². The van der Waals surface area contributed by atoms with E-state index in [4.69, 9.17) is 4.74 Å². The highest BCUT2D eigenvalue weighted by Gasteiger charge is 2.06. The smallest absolute Gasteiger partial charge is 0.249 e. The largest absolute Gasteiger partial charge is 0.497 e. The number of anilines is 4. The predicted molar refractivity (Wildman–Crippen MR) is 85.7 cm³/mol. The molecular weight excluding hydrogens is 316 g/mol. The second-order valence-corrected chi connectivity index (χ2v) is 4.78. The molecule has 0 bridgehead atoms. The maximum atomic E-state index is 13.2. The van der Waals surface area contributed by atoms with Crippen molar-refractivity contribution in [2.45, 2.75) is 0 Å². The first-order valence-electron chi connectivity index (χ1n) is 6.97. The van der Waals surface area contributed by atoms with Crippen LogP contribution in [-0.2, 0) is 0 Å². The van der Waals surface area contributed by atoms with E-state index in [1.807, 2.05) is 18.2 Å². The normalized spacial score (nSPS) is 10.3. The van der Waals surface area contributed by atoms with Gasteiger partial charge in [0.05, 0.1) is 13.3 Å². The van der Waals surface area contributed by atoms with Gasteiger partial charge in [-0.2, -0.15) is 10.1 Å². The minimum absolute atomic E-state index is 0.246. The first kappa shape index (κ1) is 15.6. The third-order valence-electron chi connectivity index (χ3n) is 3.08. The number of hydrogen-bond donors (Lipinski definition) is 2. The molecule has 0 saturated heterocycles. The molecule has 0 fully saturated rings. The van der Waals surface area contributed by atoms with E-state index in [9.17, 15) is 8.78 Å². The molecule has 0 saturated carbocycles. The lowest BCUT2D eigenvalue weighted by Crippen LogP contribution is -2.02. The molecule has 0 atom stereocenters. The van der Waals surface area contributed by atoms with Gasteiger partial charge >= 0.3 is 0 Å². The van der Waals surface area contributed by atoms with Gasteiger partial charge in [0.25, 0.3) is 0 Å². The lowest BCUT2D eigenvalue weighted by molar-refractivity contribution is 0.415. The molecule has 0 unspecified atom stereocenters. The number of hydrogen-bond acceptors (Lipinski definition) is 6. The van der Waals surface area contributed by atoms with Gasteiger partial charge in [0.1, 0.15) is 5.75 Å². The minimum Gasteiger partial charge on any atom is -0.497 e. The number of halogens is 2. The molecule has 0 aliphatic rings. The SMILES string of the molecule is COc1cccc(Nc2nncc(Nc3ccc(F)c(F)c3)n2)c1. The molecule has 0 spiro atoms. The molecule has 0 aliphatic carbocycles. The highest BCUT2D eigenvalue weighted by molar-refractivity contribution is 5.59. The quantitative estimate of drug-likeness (QED) is 0.744. The average Bonchev–Trinajstić information content (AvgIpc) is 2.59. The number of nitrogens with zero attached hydrogens (tertiary/aromatic N) is 3. The lowest BCUT2D eigenvalue weighted by Gasteiger charge is -2.08. The Kier molecular flexibility index (Phi) is 4.46. The maximum Gasteiger partial charge on any atom is 0.249 e. The fraction of sp³-hybridized carbons (Fsp3) is 0.0625. The number of aromatic nitrogens is 3. The van der Waals surface area contributed by atoms with Gasteiger partial charge in [0, 0.05) is 23.5 Å². The first-order chi connectivity index (χ1) is 11.6. The van der Waals surface area contributed by atoms with Crippen molar-refractivity contribution < 1.29 is 13.5 Å². The van der Waals surface area contributed by atoms with Gasteiger partial charge in [-0.25, -0.2) is 8.78 Å². The van der Waals surface area contributed by atoms with Crippen LogP contribution < -0.4 is 15.4 Å². The van der Waals surface area contributed by atoms with Crippen molar-refractivity contribution >= 4 is 23.1 Å². The average molecular weight is 329 g/mol. The summed E-state index contributed by atoms with van der Waals surface area (Å²) in [6.45, 7) is 0. The minimum atomic E-state index is -0.947. The predicted octanol–water partition coefficient (Wildman–Crippen LogP) is 3.65. The van der Waals surface area contributed by atoms with Gasteiger partial charge < -0.3 is 15.4 Å². The molecule has 0 radical (unpaired) electrons. The van der Waals surface area contributed by atoms with Gasteiger partial charge in [-0.15, -0.1) is 5.10 Å². The first-order valence-corrected chi connectivity index (χ1v) is 6.97. The lowest BCUT2D eigenvalue weighted by atomic mass is 10.3. The highest BCUT2D eigenvalue weighted by atomic mass is 19.2. The van der Waals surface area contributed by atoms with Gasteiger partial charge in [-0.1, -0.05) is 6.07 Å². The summed E-state index contributed by atoms with van der Waals surface area (Å²) in [5.41, 5.74) is 1.07. The van der Waals surface area contributed by atoms with Crippen LogP contribution in [0.3, 0.4) is 0 Å². The van der Waals surface area contributed by atoms with E-state index in [0.717, 1.165) is 17.8 Å². The molecule has 3 rings (SSSR count). The van der Waals surface area contributed by atoms with Crippen molar-refractivity contribution in [3.8, 4) is 5.75 Å². The second kappa shape index (κ2) is 6.86. The molecule has 8 heteroatoms. The monoisotopic (exact) mass is 329 g/mol. The van der Waals surface area contributed by atoms with Crippen LogP contribution in [-0.4, -0.2) is 22.3 Å². The van der Waals surface area contributed by atoms with Crippen molar-refractivity contribution in [2.24, 2.45) is 0 Å². The van der Waals surface area contributed by atoms with Crippen molar-refractivity contribution in [2.75, 3.05) is 17.7 Å². The standard InChI is InChI=1S/C16H13F2N5O/c1-24-12-4-2-3-10(7-12)21-16-22-15(9-19-23-16)20-11-5-6-13(17)14(18)8-11/h2-9H,1H3,(H2,20,21,22,23). The zero-order chi connectivity index (χ0) is 16.9. The molecule has 0 amide bonds. The number of benzene rings is 2. The van der Waals surface area contributed by atoms with E-state index in [-0.39, 0.29) is 5.95 Å². The van der Waals surface area contributed by atoms with Gasteiger partial charge in [0.15, 0.2) is 17.5 Å². The Labute approximate surface area is 136 Å². The van der Waals surface area contributed by atoms with Crippen LogP contribution in [0.25, 0.3) is 0 Å². The van der Waals surface area contributed by atoms with Crippen molar-refractivity contribution in [3.63, 3.8) is 0 Å². The van der Waals surface area contributed by atoms with E-state index < -0.39 is 11.6 Å². The van der Waals surface area contributed by atoms with E-state index in [1.54, 1.807) is 13.2 Å². The molecule has 6 nitrogen and oxygen atoms in total. The number of rotatable bonds is 5. The Bertz CT molecular complexity index is 859. The van der Waals surface area contributed by atoms with Crippen LogP contribution in [0.2, 0.25) is 0 Å². The van der Waals surface area contributed by atoms with Gasteiger partial charge in [-0.3, -0.25) is 0 Å². The highest BCUT2D eigenvalue weighted by Crippen LogP contribution is 2.21. The Hall–Kier alpha value is -3.29. The summed E-state index contributed by atoms with van der Waals surface area (Å²) in [7, 11) is 1.57. The third-order valence-corrected chi connectivity index (χ3v) is 3.08. The molecule has 24 heavy (non-hydrogen) atoms. The van der Waals surface area contributed by atoms with Crippen molar-refractivity contribution in [3.05, 3.63) is 60.3 Å². The van der Waals surface area contributed by atoms with Crippen LogP contribution in [0, 0.1) is 11.6 Å². The van der Waals surface area contributed by atoms with Crippen LogP contribution in [0.4, 0.5) is 31.9 Å². The summed E-state index contributed by atoms with van der Waals surface area (Å²) in [6, 6.07) is 10.7. The van der Waals surface area contributed by atoms with Crippen LogP contribution in [0.1, 0.15) is 0 Å². The molecule has 2 N–H and O–H groups in total. The number of ether oxygens (including phenoxy) is 1. The molecule has 3 aromatic rings. The molecule has 2 aromatic carbocycles. The summed E-state index contributed by atoms with van der Waals surface area (Å²) in [5, 5.41) is 13.5. The fourth-order valence-corrected chi connectivity index (χ4v) is 1.97. The Balaban J connectivity index is 1.77. The molecule has 1 heterocycles. The van der Waals surface area contributed by atoms with Crippen LogP contribution in [0.15, 0.2) is 48.7 Å². The number of methoxy groups -OCH3 is 1. The van der Waals surface area contributed by atoms with Crippen molar-refractivity contribution in [1.29, 1.82) is 0 Å². The van der Waals surface area contributed by atoms with E-state index in [1.165, 1.54) is 12.3 Å². The summed E-state index contributed by atoms with van der Waals surface area (Å²) >= 11 is 0. The summed E-state index contributed by atoms with van der Waals surface area (Å²) in [6.07, 6.45) is 1.37. The Morgan fingerprint density at radius 3 is 2.58 bits per heavy atom. The Morgan fingerprint density at radius 1 is 0.958 bits per heavy atom. The molecule has 1 aromatic heterocycles. The molecule has 0 aliphatic heterocycles. The zero-order valence-electron chi connectivity index (χ0n) is 12.6. The molecular formula is C16H13F2N5O. The molecule has 122 valence electrons. The van der Waals surface area contributed by atoms with E-state index >= 15 is 0 Å². The summed E-state index contributed by atoms with van der Waals surface area (Å²) in [5.74, 6) is -0.597. The summed E-state index contributed by atoms with van der Waals surface area (Å²) in [4.78, 5) is 4.22. The summed E-state index contributed by atoms with van der Waals surface area (Å²) < 4.78 is 31.3. The van der Waals surface area contributed by atoms with Gasteiger partial charge in [0.2, 0.25) is 5.95 Å².